The molecule has 0 unspecified atom stereocenters. The van der Waals surface area contributed by atoms with E-state index in [1.807, 2.05) is 0 Å². The molecule has 0 aliphatic rings. The van der Waals surface area contributed by atoms with Crippen LogP contribution < -0.4 is 0 Å². The van der Waals surface area contributed by atoms with Crippen molar-refractivity contribution >= 4 is 5.97 Å². The Morgan fingerprint density at radius 2 is 1.06 bits per heavy atom. The second-order valence-corrected chi connectivity index (χ2v) is 5.10. The van der Waals surface area contributed by atoms with Gasteiger partial charge in [-0.15, -0.1) is 0 Å². The van der Waals surface area contributed by atoms with E-state index in [-0.39, 0.29) is 5.97 Å². The van der Waals surface area contributed by atoms with Gasteiger partial charge < -0.3 is 4.74 Å². The lowest BCUT2D eigenvalue weighted by molar-refractivity contribution is -0.140. The van der Waals surface area contributed by atoms with E-state index >= 15 is 0 Å². The molecule has 17 heavy (non-hydrogen) atoms. The minimum Gasteiger partial charge on any atom is -0.469 e. The van der Waals surface area contributed by atoms with Crippen LogP contribution >= 0.6 is 0 Å². The maximum absolute atomic E-state index is 9.96. The molecule has 0 aromatic heterocycles. The van der Waals surface area contributed by atoms with Crippen LogP contribution in [0.1, 0.15) is 75.2 Å². The van der Waals surface area contributed by atoms with E-state index in [2.05, 4.69) is 60.1 Å². The van der Waals surface area contributed by atoms with Crippen LogP contribution in [0, 0.1) is 11.8 Å². The van der Waals surface area contributed by atoms with E-state index in [0.717, 1.165) is 11.8 Å². The fourth-order valence-electron chi connectivity index (χ4n) is 0.144. The molecule has 0 aliphatic heterocycles. The van der Waals surface area contributed by atoms with Gasteiger partial charge in [0, 0.05) is 6.42 Å². The van der Waals surface area contributed by atoms with E-state index < -0.39 is 0 Å². The molecule has 0 heterocycles. The molecule has 0 saturated carbocycles. The van der Waals surface area contributed by atoms with Crippen molar-refractivity contribution in [3.05, 3.63) is 0 Å². The Balaban J connectivity index is -0.0000000688. The highest BCUT2D eigenvalue weighted by molar-refractivity contribution is 5.68. The first-order chi connectivity index (χ1) is 7.69. The molecule has 0 N–H and O–H groups in total. The van der Waals surface area contributed by atoms with Gasteiger partial charge in [-0.3, -0.25) is 4.79 Å². The lowest BCUT2D eigenvalue weighted by Crippen LogP contribution is -1.94. The molecular weight excluding hydrogens is 212 g/mol. The van der Waals surface area contributed by atoms with E-state index in [1.165, 1.54) is 13.5 Å². The van der Waals surface area contributed by atoms with Crippen LogP contribution in [0.3, 0.4) is 0 Å². The number of hydrogen-bond acceptors (Lipinski definition) is 2. The molecule has 0 spiro atoms. The largest absolute Gasteiger partial charge is 0.469 e. The third-order valence-electron chi connectivity index (χ3n) is 0.516. The Bertz CT molecular complexity index is 101. The Labute approximate surface area is 110 Å². The van der Waals surface area contributed by atoms with Crippen LogP contribution in [0.15, 0.2) is 0 Å². The maximum Gasteiger partial charge on any atom is 0.305 e. The predicted octanol–water partition coefficient (Wildman–Crippen LogP) is 5.31. The fraction of sp³-hybridized carbons (Fsp3) is 0.933. The van der Waals surface area contributed by atoms with Gasteiger partial charge in [0.2, 0.25) is 0 Å². The van der Waals surface area contributed by atoms with E-state index in [9.17, 15) is 4.79 Å². The molecule has 0 aliphatic carbocycles. The van der Waals surface area contributed by atoms with Crippen molar-refractivity contribution in [2.45, 2.75) is 75.2 Å². The highest BCUT2D eigenvalue weighted by atomic mass is 16.5. The molecule has 0 saturated heterocycles. The molecule has 0 aromatic carbocycles. The van der Waals surface area contributed by atoms with Crippen molar-refractivity contribution in [2.75, 3.05) is 7.11 Å². The van der Waals surface area contributed by atoms with Crippen LogP contribution in [-0.2, 0) is 9.53 Å². The zero-order chi connectivity index (χ0) is 14.9. The highest BCUT2D eigenvalue weighted by Crippen LogP contribution is 1.81. The molecular formula is C15H36O2. The number of esters is 1. The summed E-state index contributed by atoms with van der Waals surface area (Å²) >= 11 is 0. The number of methoxy groups -OCH3 is 1. The van der Waals surface area contributed by atoms with Gasteiger partial charge in [0.25, 0.3) is 0 Å². The van der Waals surface area contributed by atoms with Crippen molar-refractivity contribution in [1.29, 1.82) is 0 Å². The number of carbonyl (C=O) groups excluding carboxylic acids is 1. The van der Waals surface area contributed by atoms with E-state index in [0.29, 0.717) is 6.42 Å². The van der Waals surface area contributed by atoms with Crippen molar-refractivity contribution in [3.8, 4) is 0 Å². The molecule has 0 aromatic rings. The summed E-state index contributed by atoms with van der Waals surface area (Å²) in [5.74, 6) is 1.51. The van der Waals surface area contributed by atoms with Crippen molar-refractivity contribution in [3.63, 3.8) is 0 Å². The summed E-state index contributed by atoms with van der Waals surface area (Å²) in [7, 11) is 1.38. The summed E-state index contributed by atoms with van der Waals surface area (Å²) < 4.78 is 4.26. The highest BCUT2D eigenvalue weighted by Gasteiger charge is 1.87. The second-order valence-electron chi connectivity index (χ2n) is 5.10. The summed E-state index contributed by atoms with van der Waals surface area (Å²) in [6.45, 7) is 19.0. The van der Waals surface area contributed by atoms with Crippen LogP contribution in [-0.4, -0.2) is 13.1 Å². The first-order valence-corrected chi connectivity index (χ1v) is 6.76. The normalized spacial score (nSPS) is 8.00. The van der Waals surface area contributed by atoms with Crippen LogP contribution in [0.5, 0.6) is 0 Å². The van der Waals surface area contributed by atoms with Gasteiger partial charge in [-0.05, 0) is 11.8 Å². The number of hydrogen-bond donors (Lipinski definition) is 0. The van der Waals surface area contributed by atoms with Gasteiger partial charge in [-0.1, -0.05) is 68.7 Å². The molecule has 0 rings (SSSR count). The topological polar surface area (TPSA) is 26.3 Å². The van der Waals surface area contributed by atoms with Crippen molar-refractivity contribution in [1.82, 2.24) is 0 Å². The third-order valence-corrected chi connectivity index (χ3v) is 0.516. The van der Waals surface area contributed by atoms with Gasteiger partial charge in [0.1, 0.15) is 0 Å². The first-order valence-electron chi connectivity index (χ1n) is 6.76. The van der Waals surface area contributed by atoms with Gasteiger partial charge >= 0.3 is 5.97 Å². The van der Waals surface area contributed by atoms with Gasteiger partial charge in [0.15, 0.2) is 0 Å². The van der Waals surface area contributed by atoms with Crippen molar-refractivity contribution in [2.24, 2.45) is 11.8 Å². The van der Waals surface area contributed by atoms with E-state index in [4.69, 9.17) is 0 Å². The minimum absolute atomic E-state index is 0.157. The van der Waals surface area contributed by atoms with Gasteiger partial charge in [-0.2, -0.15) is 0 Å². The monoisotopic (exact) mass is 248 g/mol. The summed E-state index contributed by atoms with van der Waals surface area (Å²) in [6, 6.07) is 0. The molecule has 0 amide bonds. The predicted molar refractivity (Wildman–Crippen MR) is 79.3 cm³/mol. The standard InChI is InChI=1S/C4H8O2.2C4H10.C3H8/c1-3-4(5)6-2;2*1-4(2)3;1-3-2/h3H2,1-2H3;2*4H,1-3H3;3H2,1-2H3. The Morgan fingerprint density at radius 1 is 0.882 bits per heavy atom. The summed E-state index contributed by atoms with van der Waals surface area (Å²) in [6.07, 6.45) is 1.72. The molecule has 0 fully saturated rings. The average molecular weight is 248 g/mol. The average Bonchev–Trinajstić information content (AvgIpc) is 2.16. The summed E-state index contributed by atoms with van der Waals surface area (Å²) in [5, 5.41) is 0. The molecule has 2 nitrogen and oxygen atoms in total. The lowest BCUT2D eigenvalue weighted by atomic mass is 10.3. The van der Waals surface area contributed by atoms with Crippen molar-refractivity contribution < 1.29 is 9.53 Å². The molecule has 0 radical (unpaired) electrons. The Morgan fingerprint density at radius 3 is 1.06 bits per heavy atom. The second kappa shape index (κ2) is 24.6. The van der Waals surface area contributed by atoms with E-state index in [1.54, 1.807) is 6.92 Å². The minimum atomic E-state index is -0.157. The fourth-order valence-corrected chi connectivity index (χ4v) is 0.144. The Kier molecular flexibility index (Phi) is 36.7. The summed E-state index contributed by atoms with van der Waals surface area (Å²) in [5.41, 5.74) is 0. The third kappa shape index (κ3) is 233. The zero-order valence-corrected chi connectivity index (χ0v) is 13.9. The Hall–Kier alpha value is -0.530. The maximum atomic E-state index is 9.96. The number of rotatable bonds is 1. The first kappa shape index (κ1) is 25.3. The lowest BCUT2D eigenvalue weighted by Gasteiger charge is -1.87. The quantitative estimate of drug-likeness (QED) is 0.588. The molecule has 0 atom stereocenters. The van der Waals surface area contributed by atoms with Gasteiger partial charge in [-0.25, -0.2) is 0 Å². The number of ether oxygens (including phenoxy) is 1. The van der Waals surface area contributed by atoms with Gasteiger partial charge in [0.05, 0.1) is 7.11 Å². The molecule has 2 heteroatoms. The van der Waals surface area contributed by atoms with Crippen LogP contribution in [0.25, 0.3) is 0 Å². The molecule has 0 bridgehead atoms. The number of carbonyl (C=O) groups is 1. The zero-order valence-electron chi connectivity index (χ0n) is 13.9. The SMILES string of the molecule is CC(C)C.CC(C)C.CCC.CCC(=O)OC. The van der Waals surface area contributed by atoms with Crippen LogP contribution in [0.4, 0.5) is 0 Å². The summed E-state index contributed by atoms with van der Waals surface area (Å²) in [4.78, 5) is 9.96. The van der Waals surface area contributed by atoms with Crippen LogP contribution in [0.2, 0.25) is 0 Å². The molecule has 108 valence electrons. The smallest absolute Gasteiger partial charge is 0.305 e.